The van der Waals surface area contributed by atoms with E-state index in [1.165, 1.54) is 0 Å². The Morgan fingerprint density at radius 2 is 2.17 bits per heavy atom. The molecule has 8 atom stereocenters. The third-order valence-corrected chi connectivity index (χ3v) is 6.60. The maximum atomic E-state index is 12.7. The van der Waals surface area contributed by atoms with E-state index in [1.54, 1.807) is 13.8 Å². The number of hydrogen-bond donors (Lipinski definition) is 1. The van der Waals surface area contributed by atoms with Crippen LogP contribution < -0.4 is 0 Å². The van der Waals surface area contributed by atoms with Crippen molar-refractivity contribution in [2.45, 2.75) is 84.5 Å². The summed E-state index contributed by atoms with van der Waals surface area (Å²) in [5.41, 5.74) is 1.14. The van der Waals surface area contributed by atoms with Gasteiger partial charge in [0.15, 0.2) is 0 Å². The highest BCUT2D eigenvalue weighted by atomic mass is 16.5. The molecule has 3 aliphatic rings. The van der Waals surface area contributed by atoms with Crippen molar-refractivity contribution in [3.63, 3.8) is 0 Å². The monoisotopic (exact) mass is 407 g/mol. The lowest BCUT2D eigenvalue weighted by Gasteiger charge is -2.43. The summed E-state index contributed by atoms with van der Waals surface area (Å²) in [5, 5.41) is 10.1. The van der Waals surface area contributed by atoms with Gasteiger partial charge in [0, 0.05) is 16.5 Å². The molecule has 1 unspecified atom stereocenters. The van der Waals surface area contributed by atoms with Crippen LogP contribution >= 0.6 is 0 Å². The predicted molar refractivity (Wildman–Crippen MR) is 111 cm³/mol. The molecule has 5 heteroatoms. The van der Waals surface area contributed by atoms with Crippen LogP contribution in [0.1, 0.15) is 70.3 Å². The Balaban J connectivity index is 1.76. The van der Waals surface area contributed by atoms with E-state index in [2.05, 4.69) is 32.1 Å². The maximum absolute atomic E-state index is 12.7. The number of hydrogen-bond acceptors (Lipinski definition) is 5. The summed E-state index contributed by atoms with van der Waals surface area (Å²) < 4.78 is 34.8. The molecule has 1 N–H and O–H groups in total. The molecule has 0 aromatic rings. The first-order valence-corrected chi connectivity index (χ1v) is 10.9. The molecule has 0 amide bonds. The SMILES string of the molecule is [2H]C1([2H])C(=O)OC(CC[C@@H]2[C@@H]3C(=C[C@H](C)C[C@@H]3OC(=O)[C@@]([2H])(C)CC)C=C[C@@H]2C)C[C@H]1O. The first kappa shape index (κ1) is 18.2. The average molecular weight is 408 g/mol. The van der Waals surface area contributed by atoms with Crippen LogP contribution in [0.5, 0.6) is 0 Å². The molecule has 1 saturated heterocycles. The van der Waals surface area contributed by atoms with Gasteiger partial charge in [0.1, 0.15) is 12.2 Å². The molecule has 29 heavy (non-hydrogen) atoms. The van der Waals surface area contributed by atoms with Crippen molar-refractivity contribution in [3.8, 4) is 0 Å². The zero-order valence-corrected chi connectivity index (χ0v) is 17.9. The van der Waals surface area contributed by atoms with E-state index in [1.807, 2.05) is 0 Å². The van der Waals surface area contributed by atoms with Gasteiger partial charge < -0.3 is 14.6 Å². The van der Waals surface area contributed by atoms with Crippen molar-refractivity contribution in [1.29, 1.82) is 0 Å². The van der Waals surface area contributed by atoms with Gasteiger partial charge in [-0.2, -0.15) is 0 Å². The Morgan fingerprint density at radius 1 is 1.41 bits per heavy atom. The number of esters is 2. The van der Waals surface area contributed by atoms with Crippen molar-refractivity contribution in [1.82, 2.24) is 0 Å². The van der Waals surface area contributed by atoms with Gasteiger partial charge in [0.25, 0.3) is 0 Å². The topological polar surface area (TPSA) is 72.8 Å². The summed E-state index contributed by atoms with van der Waals surface area (Å²) >= 11 is 0. The predicted octanol–water partition coefficient (Wildman–Crippen LogP) is 4.20. The van der Waals surface area contributed by atoms with Crippen LogP contribution in [-0.2, 0) is 19.1 Å². The molecule has 1 fully saturated rings. The number of ether oxygens (including phenoxy) is 2. The average Bonchev–Trinajstić information content (AvgIpc) is 2.71. The minimum atomic E-state index is -2.37. The molecule has 0 saturated carbocycles. The van der Waals surface area contributed by atoms with E-state index in [-0.39, 0.29) is 36.2 Å². The molecule has 1 heterocycles. The van der Waals surface area contributed by atoms with Crippen molar-refractivity contribution >= 4 is 11.9 Å². The second-order valence-corrected chi connectivity index (χ2v) is 8.87. The summed E-state index contributed by atoms with van der Waals surface area (Å²) in [5.74, 6) is -2.16. The summed E-state index contributed by atoms with van der Waals surface area (Å²) in [6.45, 7) is 7.61. The summed E-state index contributed by atoms with van der Waals surface area (Å²) in [6, 6.07) is 0. The Morgan fingerprint density at radius 3 is 2.86 bits per heavy atom. The smallest absolute Gasteiger partial charge is 0.308 e. The van der Waals surface area contributed by atoms with Crippen LogP contribution in [0.3, 0.4) is 0 Å². The summed E-state index contributed by atoms with van der Waals surface area (Å²) in [4.78, 5) is 24.7. The van der Waals surface area contributed by atoms with E-state index in [9.17, 15) is 14.7 Å². The minimum Gasteiger partial charge on any atom is -0.462 e. The lowest BCUT2D eigenvalue weighted by Crippen LogP contribution is -2.42. The van der Waals surface area contributed by atoms with Crippen molar-refractivity contribution in [2.24, 2.45) is 29.6 Å². The third-order valence-electron chi connectivity index (χ3n) is 6.60. The van der Waals surface area contributed by atoms with Gasteiger partial charge in [-0.25, -0.2) is 0 Å². The van der Waals surface area contributed by atoms with Crippen LogP contribution in [-0.4, -0.2) is 35.4 Å². The minimum absolute atomic E-state index is 0.00142. The molecule has 1 aliphatic heterocycles. The van der Waals surface area contributed by atoms with Gasteiger partial charge in [0.05, 0.1) is 18.4 Å². The lowest BCUT2D eigenvalue weighted by molar-refractivity contribution is -0.162. The standard InChI is InChI=1S/C24H36O5/c1-5-15(3)24(27)29-21-11-14(2)10-17-7-6-16(4)20(23(17)21)9-8-19-12-18(25)13-22(26)28-19/h6-7,10,14-16,18-21,23,25H,5,8-9,11-13H2,1-4H3/t14-,15-,16-,18+,19?,20-,21-,23-/m0/s1/i13D2,15D. The van der Waals surface area contributed by atoms with E-state index in [0.29, 0.717) is 25.7 Å². The molecular weight excluding hydrogens is 368 g/mol. The fourth-order valence-corrected chi connectivity index (χ4v) is 4.84. The Bertz CT molecular complexity index is 791. The van der Waals surface area contributed by atoms with Gasteiger partial charge in [-0.15, -0.1) is 0 Å². The number of rotatable bonds is 6. The van der Waals surface area contributed by atoms with Crippen molar-refractivity contribution < 1.29 is 28.3 Å². The third kappa shape index (κ3) is 5.30. The molecule has 0 spiro atoms. The number of carbonyl (C=O) groups is 2. The Labute approximate surface area is 178 Å². The van der Waals surface area contributed by atoms with Gasteiger partial charge in [0.2, 0.25) is 0 Å². The quantitative estimate of drug-likeness (QED) is 0.668. The number of carbonyl (C=O) groups excluding carboxylic acids is 2. The van der Waals surface area contributed by atoms with Gasteiger partial charge in [-0.1, -0.05) is 45.9 Å². The van der Waals surface area contributed by atoms with Crippen molar-refractivity contribution in [3.05, 3.63) is 23.8 Å². The number of fused-ring (bicyclic) bond motifs is 1. The second kappa shape index (κ2) is 9.46. The number of allylic oxidation sites excluding steroid dienone is 3. The molecule has 2 aliphatic carbocycles. The highest BCUT2D eigenvalue weighted by molar-refractivity contribution is 5.72. The fraction of sp³-hybridized carbons (Fsp3) is 0.750. The second-order valence-electron chi connectivity index (χ2n) is 8.87. The lowest BCUT2D eigenvalue weighted by atomic mass is 9.65. The van der Waals surface area contributed by atoms with Crippen LogP contribution in [0, 0.1) is 29.6 Å². The van der Waals surface area contributed by atoms with Gasteiger partial charge in [-0.05, 0) is 49.0 Å². The molecule has 0 aromatic heterocycles. The molecule has 162 valence electrons. The Hall–Kier alpha value is -1.62. The largest absolute Gasteiger partial charge is 0.462 e. The Kier molecular flexibility index (Phi) is 5.93. The normalized spacial score (nSPS) is 42.2. The molecule has 0 bridgehead atoms. The first-order valence-electron chi connectivity index (χ1n) is 12.4. The van der Waals surface area contributed by atoms with E-state index in [0.717, 1.165) is 5.57 Å². The van der Waals surface area contributed by atoms with Gasteiger partial charge >= 0.3 is 11.9 Å². The van der Waals surface area contributed by atoms with E-state index >= 15 is 0 Å². The highest BCUT2D eigenvalue weighted by Gasteiger charge is 2.42. The zero-order chi connectivity index (χ0) is 23.8. The highest BCUT2D eigenvalue weighted by Crippen LogP contribution is 2.45. The van der Waals surface area contributed by atoms with Crippen LogP contribution in [0.25, 0.3) is 0 Å². The maximum Gasteiger partial charge on any atom is 0.308 e. The van der Waals surface area contributed by atoms with E-state index in [4.69, 9.17) is 13.6 Å². The number of cyclic esters (lactones) is 1. The molecule has 5 nitrogen and oxygen atoms in total. The van der Waals surface area contributed by atoms with Crippen LogP contribution in [0.15, 0.2) is 23.8 Å². The number of aliphatic hydroxyl groups is 1. The summed E-state index contributed by atoms with van der Waals surface area (Å²) in [7, 11) is 0. The van der Waals surface area contributed by atoms with E-state index < -0.39 is 36.4 Å². The van der Waals surface area contributed by atoms with Crippen LogP contribution in [0.4, 0.5) is 0 Å². The zero-order valence-electron chi connectivity index (χ0n) is 20.9. The van der Waals surface area contributed by atoms with Crippen molar-refractivity contribution in [2.75, 3.05) is 0 Å². The molecule has 3 rings (SSSR count). The first-order chi connectivity index (χ1) is 14.9. The molecule has 0 radical (unpaired) electrons. The fourth-order valence-electron chi connectivity index (χ4n) is 4.84. The molecular formula is C24H36O5. The van der Waals surface area contributed by atoms with Crippen LogP contribution in [0.2, 0.25) is 0 Å². The van der Waals surface area contributed by atoms with Gasteiger partial charge in [-0.3, -0.25) is 9.59 Å². The number of aliphatic hydroxyl groups excluding tert-OH is 1. The molecule has 0 aromatic carbocycles. The summed E-state index contributed by atoms with van der Waals surface area (Å²) in [6.07, 6.45) is 4.25.